The summed E-state index contributed by atoms with van der Waals surface area (Å²) >= 11 is 0. The van der Waals surface area contributed by atoms with Crippen LogP contribution in [0.2, 0.25) is 0 Å². The molecule has 0 bridgehead atoms. The van der Waals surface area contributed by atoms with Gasteiger partial charge in [-0.05, 0) is 24.8 Å². The molecule has 1 aromatic heterocycles. The lowest BCUT2D eigenvalue weighted by Gasteiger charge is -2.07. The maximum Gasteiger partial charge on any atom is 0.270 e. The Morgan fingerprint density at radius 3 is 2.91 bits per heavy atom. The number of carbonyl (C=O) groups excluding carboxylic acids is 1. The van der Waals surface area contributed by atoms with Gasteiger partial charge in [-0.15, -0.1) is 0 Å². The molecule has 1 fully saturated rings. The number of rotatable bonds is 5. The van der Waals surface area contributed by atoms with Crippen molar-refractivity contribution in [1.29, 1.82) is 0 Å². The third-order valence-corrected chi connectivity index (χ3v) is 3.62. The SMILES string of the molecule is O=C(Cn1cnc2ccc([N+](=O)[O-])cc2c1=O)NCC1CC1. The zero-order chi connectivity index (χ0) is 15.7. The lowest BCUT2D eigenvalue weighted by atomic mass is 10.2. The Labute approximate surface area is 124 Å². The maximum atomic E-state index is 12.3. The first-order valence-corrected chi connectivity index (χ1v) is 6.95. The van der Waals surface area contributed by atoms with Gasteiger partial charge < -0.3 is 5.32 Å². The molecule has 0 radical (unpaired) electrons. The summed E-state index contributed by atoms with van der Waals surface area (Å²) in [6.07, 6.45) is 3.54. The van der Waals surface area contributed by atoms with Crippen molar-refractivity contribution in [3.8, 4) is 0 Å². The molecule has 3 rings (SSSR count). The van der Waals surface area contributed by atoms with E-state index in [-0.39, 0.29) is 23.5 Å². The summed E-state index contributed by atoms with van der Waals surface area (Å²) < 4.78 is 1.16. The van der Waals surface area contributed by atoms with E-state index in [0.717, 1.165) is 17.4 Å². The van der Waals surface area contributed by atoms with Gasteiger partial charge in [0.1, 0.15) is 6.54 Å². The Hall–Kier alpha value is -2.77. The summed E-state index contributed by atoms with van der Waals surface area (Å²) in [5.74, 6) is 0.290. The fraction of sp³-hybridized carbons (Fsp3) is 0.357. The molecule has 8 nitrogen and oxygen atoms in total. The number of benzene rings is 1. The van der Waals surface area contributed by atoms with Crippen LogP contribution < -0.4 is 10.9 Å². The Kier molecular flexibility index (Phi) is 3.58. The van der Waals surface area contributed by atoms with Gasteiger partial charge in [-0.25, -0.2) is 4.98 Å². The summed E-state index contributed by atoms with van der Waals surface area (Å²) in [5.41, 5.74) is -0.275. The monoisotopic (exact) mass is 302 g/mol. The van der Waals surface area contributed by atoms with Gasteiger partial charge in [0.15, 0.2) is 0 Å². The fourth-order valence-corrected chi connectivity index (χ4v) is 2.16. The number of nitro groups is 1. The molecule has 114 valence electrons. The van der Waals surface area contributed by atoms with Crippen LogP contribution in [0, 0.1) is 16.0 Å². The number of aromatic nitrogens is 2. The number of hydrogen-bond acceptors (Lipinski definition) is 5. The zero-order valence-corrected chi connectivity index (χ0v) is 11.7. The minimum atomic E-state index is -0.571. The molecule has 1 saturated carbocycles. The van der Waals surface area contributed by atoms with E-state index in [4.69, 9.17) is 0 Å². The first kappa shape index (κ1) is 14.2. The number of fused-ring (bicyclic) bond motifs is 1. The lowest BCUT2D eigenvalue weighted by Crippen LogP contribution is -2.33. The van der Waals surface area contributed by atoms with Gasteiger partial charge in [-0.1, -0.05) is 0 Å². The molecular weight excluding hydrogens is 288 g/mol. The largest absolute Gasteiger partial charge is 0.354 e. The molecule has 1 amide bonds. The predicted octanol–water partition coefficient (Wildman–Crippen LogP) is 0.831. The Morgan fingerprint density at radius 2 is 2.23 bits per heavy atom. The minimum Gasteiger partial charge on any atom is -0.354 e. The molecule has 0 atom stereocenters. The van der Waals surface area contributed by atoms with E-state index < -0.39 is 10.5 Å². The number of nitrogens with zero attached hydrogens (tertiary/aromatic N) is 3. The zero-order valence-electron chi connectivity index (χ0n) is 11.7. The smallest absolute Gasteiger partial charge is 0.270 e. The average molecular weight is 302 g/mol. The Bertz CT molecular complexity index is 810. The van der Waals surface area contributed by atoms with Crippen molar-refractivity contribution in [3.05, 3.63) is 45.0 Å². The highest BCUT2D eigenvalue weighted by Crippen LogP contribution is 2.27. The molecule has 0 spiro atoms. The summed E-state index contributed by atoms with van der Waals surface area (Å²) in [6, 6.07) is 3.90. The first-order chi connectivity index (χ1) is 10.5. The highest BCUT2D eigenvalue weighted by atomic mass is 16.6. The van der Waals surface area contributed by atoms with E-state index in [2.05, 4.69) is 10.3 Å². The normalized spacial score (nSPS) is 14.0. The van der Waals surface area contributed by atoms with Crippen LogP contribution in [0.3, 0.4) is 0 Å². The molecule has 1 aliphatic rings. The van der Waals surface area contributed by atoms with Gasteiger partial charge in [-0.2, -0.15) is 0 Å². The summed E-state index contributed by atoms with van der Waals surface area (Å²) in [5, 5.41) is 13.7. The molecule has 0 saturated heterocycles. The number of hydrogen-bond donors (Lipinski definition) is 1. The van der Waals surface area contributed by atoms with Gasteiger partial charge in [-0.3, -0.25) is 24.3 Å². The molecule has 0 unspecified atom stereocenters. The number of non-ortho nitro benzene ring substituents is 1. The van der Waals surface area contributed by atoms with Gasteiger partial charge in [0.05, 0.1) is 22.2 Å². The van der Waals surface area contributed by atoms with Crippen molar-refractivity contribution in [2.24, 2.45) is 5.92 Å². The fourth-order valence-electron chi connectivity index (χ4n) is 2.16. The van der Waals surface area contributed by atoms with Crippen molar-refractivity contribution >= 4 is 22.5 Å². The topological polar surface area (TPSA) is 107 Å². The van der Waals surface area contributed by atoms with Crippen LogP contribution in [0.4, 0.5) is 5.69 Å². The van der Waals surface area contributed by atoms with E-state index >= 15 is 0 Å². The Balaban J connectivity index is 1.86. The van der Waals surface area contributed by atoms with E-state index in [1.54, 1.807) is 0 Å². The second-order valence-corrected chi connectivity index (χ2v) is 5.38. The van der Waals surface area contributed by atoms with E-state index in [1.165, 1.54) is 24.5 Å². The number of nitrogens with one attached hydrogen (secondary N) is 1. The molecule has 0 aliphatic heterocycles. The second kappa shape index (κ2) is 5.55. The van der Waals surface area contributed by atoms with Gasteiger partial charge in [0, 0.05) is 18.7 Å². The Morgan fingerprint density at radius 1 is 1.45 bits per heavy atom. The van der Waals surface area contributed by atoms with Crippen LogP contribution >= 0.6 is 0 Å². The van der Waals surface area contributed by atoms with Crippen LogP contribution in [0.15, 0.2) is 29.3 Å². The standard InChI is InChI=1S/C14H14N4O4/c19-13(15-6-9-1-2-9)7-17-8-16-12-4-3-10(18(21)22)5-11(12)14(17)20/h3-5,8-9H,1-2,6-7H2,(H,15,19). The minimum absolute atomic E-state index is 0.131. The molecule has 1 N–H and O–H groups in total. The summed E-state index contributed by atoms with van der Waals surface area (Å²) in [6.45, 7) is 0.483. The first-order valence-electron chi connectivity index (χ1n) is 6.95. The van der Waals surface area contributed by atoms with Crippen molar-refractivity contribution in [2.75, 3.05) is 6.54 Å². The van der Waals surface area contributed by atoms with Crippen molar-refractivity contribution in [3.63, 3.8) is 0 Å². The van der Waals surface area contributed by atoms with E-state index in [0.29, 0.717) is 18.0 Å². The third-order valence-electron chi connectivity index (χ3n) is 3.62. The van der Waals surface area contributed by atoms with Crippen LogP contribution in [0.5, 0.6) is 0 Å². The van der Waals surface area contributed by atoms with Crippen LogP contribution in [0.25, 0.3) is 10.9 Å². The number of carbonyl (C=O) groups is 1. The van der Waals surface area contributed by atoms with E-state index in [1.807, 2.05) is 0 Å². The van der Waals surface area contributed by atoms with Crippen LogP contribution in [-0.2, 0) is 11.3 Å². The van der Waals surface area contributed by atoms with Crippen molar-refractivity contribution < 1.29 is 9.72 Å². The van der Waals surface area contributed by atoms with Gasteiger partial charge >= 0.3 is 0 Å². The maximum absolute atomic E-state index is 12.3. The molecular formula is C14H14N4O4. The van der Waals surface area contributed by atoms with Crippen molar-refractivity contribution in [2.45, 2.75) is 19.4 Å². The highest BCUT2D eigenvalue weighted by molar-refractivity contribution is 5.80. The lowest BCUT2D eigenvalue weighted by molar-refractivity contribution is -0.384. The molecule has 8 heteroatoms. The van der Waals surface area contributed by atoms with E-state index in [9.17, 15) is 19.7 Å². The van der Waals surface area contributed by atoms with Crippen LogP contribution in [-0.4, -0.2) is 26.9 Å². The molecule has 22 heavy (non-hydrogen) atoms. The van der Waals surface area contributed by atoms with Gasteiger partial charge in [0.2, 0.25) is 5.91 Å². The molecule has 1 aliphatic carbocycles. The predicted molar refractivity (Wildman–Crippen MR) is 78.4 cm³/mol. The highest BCUT2D eigenvalue weighted by Gasteiger charge is 2.21. The molecule has 2 aromatic rings. The average Bonchev–Trinajstić information content (AvgIpc) is 3.32. The quantitative estimate of drug-likeness (QED) is 0.650. The summed E-state index contributed by atoms with van der Waals surface area (Å²) in [7, 11) is 0. The van der Waals surface area contributed by atoms with Crippen molar-refractivity contribution in [1.82, 2.24) is 14.9 Å². The molecule has 1 heterocycles. The number of nitro benzene ring substituents is 1. The number of amides is 1. The second-order valence-electron chi connectivity index (χ2n) is 5.38. The third kappa shape index (κ3) is 2.95. The molecule has 1 aromatic carbocycles. The van der Waals surface area contributed by atoms with Crippen LogP contribution in [0.1, 0.15) is 12.8 Å². The van der Waals surface area contributed by atoms with Gasteiger partial charge in [0.25, 0.3) is 11.2 Å². The summed E-state index contributed by atoms with van der Waals surface area (Å²) in [4.78, 5) is 38.4.